The SMILES string of the molecule is COc1ccc(C2C(C#N)=C(N)Oc3n[nH]c(-c4cccs4)c32)c(OC)c1OC. The zero-order valence-corrected chi connectivity index (χ0v) is 16.8. The molecule has 0 bridgehead atoms. The van der Waals surface area contributed by atoms with Gasteiger partial charge in [-0.2, -0.15) is 5.26 Å². The smallest absolute Gasteiger partial charge is 0.244 e. The highest BCUT2D eigenvalue weighted by molar-refractivity contribution is 7.13. The number of methoxy groups -OCH3 is 3. The van der Waals surface area contributed by atoms with Crippen LogP contribution in [0.1, 0.15) is 17.0 Å². The number of aromatic amines is 1. The van der Waals surface area contributed by atoms with Gasteiger partial charge in [0.1, 0.15) is 11.6 Å². The van der Waals surface area contributed by atoms with Crippen LogP contribution in [-0.4, -0.2) is 31.5 Å². The Morgan fingerprint density at radius 3 is 2.59 bits per heavy atom. The van der Waals surface area contributed by atoms with Crippen molar-refractivity contribution < 1.29 is 18.9 Å². The van der Waals surface area contributed by atoms with Gasteiger partial charge in [-0.3, -0.25) is 5.10 Å². The zero-order chi connectivity index (χ0) is 20.5. The van der Waals surface area contributed by atoms with Crippen LogP contribution in [0.15, 0.2) is 41.1 Å². The summed E-state index contributed by atoms with van der Waals surface area (Å²) in [6.07, 6.45) is 0. The maximum Gasteiger partial charge on any atom is 0.244 e. The number of nitrogens with two attached hydrogens (primary N) is 1. The van der Waals surface area contributed by atoms with Crippen molar-refractivity contribution in [2.45, 2.75) is 5.92 Å². The molecule has 3 aromatic rings. The average Bonchev–Trinajstić information content (AvgIpc) is 3.41. The summed E-state index contributed by atoms with van der Waals surface area (Å²) in [5, 5.41) is 19.1. The Hall–Kier alpha value is -3.64. The molecule has 8 nitrogen and oxygen atoms in total. The predicted molar refractivity (Wildman–Crippen MR) is 107 cm³/mol. The number of rotatable bonds is 5. The first kappa shape index (κ1) is 18.7. The quantitative estimate of drug-likeness (QED) is 0.662. The number of hydrogen-bond donors (Lipinski definition) is 2. The minimum Gasteiger partial charge on any atom is -0.493 e. The molecule has 2 aromatic heterocycles. The number of hydrogen-bond acceptors (Lipinski definition) is 8. The molecule has 1 aliphatic heterocycles. The second-order valence-electron chi connectivity index (χ2n) is 6.14. The number of aromatic nitrogens is 2. The molecule has 3 heterocycles. The van der Waals surface area contributed by atoms with Gasteiger partial charge in [0.15, 0.2) is 11.5 Å². The first-order valence-corrected chi connectivity index (χ1v) is 9.51. The van der Waals surface area contributed by atoms with Crippen molar-refractivity contribution in [1.29, 1.82) is 5.26 Å². The lowest BCUT2D eigenvalue weighted by atomic mass is 9.83. The van der Waals surface area contributed by atoms with E-state index in [0.717, 1.165) is 10.6 Å². The van der Waals surface area contributed by atoms with Crippen molar-refractivity contribution in [3.8, 4) is 39.8 Å². The summed E-state index contributed by atoms with van der Waals surface area (Å²) in [6, 6.07) is 9.69. The van der Waals surface area contributed by atoms with Gasteiger partial charge in [0.05, 0.1) is 43.4 Å². The van der Waals surface area contributed by atoms with Crippen LogP contribution in [0.4, 0.5) is 0 Å². The molecule has 0 amide bonds. The summed E-state index contributed by atoms with van der Waals surface area (Å²) < 4.78 is 22.2. The summed E-state index contributed by atoms with van der Waals surface area (Å²) in [5.41, 5.74) is 8.49. The van der Waals surface area contributed by atoms with Gasteiger partial charge >= 0.3 is 0 Å². The van der Waals surface area contributed by atoms with Gasteiger partial charge in [-0.1, -0.05) is 12.1 Å². The number of thiophene rings is 1. The van der Waals surface area contributed by atoms with Gasteiger partial charge in [0.2, 0.25) is 17.5 Å². The summed E-state index contributed by atoms with van der Waals surface area (Å²) in [5.74, 6) is 1.16. The van der Waals surface area contributed by atoms with Crippen molar-refractivity contribution in [3.63, 3.8) is 0 Å². The fourth-order valence-electron chi connectivity index (χ4n) is 3.52. The van der Waals surface area contributed by atoms with Crippen molar-refractivity contribution in [3.05, 3.63) is 52.2 Å². The Morgan fingerprint density at radius 1 is 1.17 bits per heavy atom. The Kier molecular flexibility index (Phi) is 4.78. The number of fused-ring (bicyclic) bond motifs is 1. The Morgan fingerprint density at radius 2 is 1.97 bits per heavy atom. The molecular formula is C20H18N4O4S. The fourth-order valence-corrected chi connectivity index (χ4v) is 4.25. The van der Waals surface area contributed by atoms with E-state index in [9.17, 15) is 5.26 Å². The number of nitrogens with zero attached hydrogens (tertiary/aromatic N) is 2. The molecule has 0 saturated heterocycles. The molecule has 0 aliphatic carbocycles. The molecule has 1 atom stereocenters. The zero-order valence-electron chi connectivity index (χ0n) is 16.0. The molecule has 29 heavy (non-hydrogen) atoms. The van der Waals surface area contributed by atoms with Crippen molar-refractivity contribution >= 4 is 11.3 Å². The number of nitrogens with one attached hydrogen (secondary N) is 1. The molecule has 1 unspecified atom stereocenters. The van der Waals surface area contributed by atoms with E-state index in [0.29, 0.717) is 34.3 Å². The van der Waals surface area contributed by atoms with Crippen LogP contribution in [0.2, 0.25) is 0 Å². The third-order valence-corrected chi connectivity index (χ3v) is 5.64. The van der Waals surface area contributed by atoms with Gasteiger partial charge in [-0.25, -0.2) is 0 Å². The third-order valence-electron chi connectivity index (χ3n) is 4.75. The number of ether oxygens (including phenoxy) is 4. The van der Waals surface area contributed by atoms with Crippen molar-refractivity contribution in [1.82, 2.24) is 10.2 Å². The van der Waals surface area contributed by atoms with Crippen molar-refractivity contribution in [2.75, 3.05) is 21.3 Å². The minimum atomic E-state index is -0.561. The summed E-state index contributed by atoms with van der Waals surface area (Å²) in [6.45, 7) is 0. The highest BCUT2D eigenvalue weighted by Gasteiger charge is 2.38. The third kappa shape index (κ3) is 2.85. The lowest BCUT2D eigenvalue weighted by Gasteiger charge is -2.26. The van der Waals surface area contributed by atoms with E-state index in [2.05, 4.69) is 16.3 Å². The highest BCUT2D eigenvalue weighted by Crippen LogP contribution is 2.51. The fraction of sp³-hybridized carbons (Fsp3) is 0.200. The summed E-state index contributed by atoms with van der Waals surface area (Å²) in [4.78, 5) is 0.963. The molecular weight excluding hydrogens is 392 g/mol. The second kappa shape index (κ2) is 7.41. The van der Waals surface area contributed by atoms with E-state index in [1.54, 1.807) is 24.5 Å². The largest absolute Gasteiger partial charge is 0.493 e. The molecule has 1 aliphatic rings. The van der Waals surface area contributed by atoms with E-state index >= 15 is 0 Å². The van der Waals surface area contributed by atoms with Crippen LogP contribution in [0.3, 0.4) is 0 Å². The number of H-pyrrole nitrogens is 1. The average molecular weight is 410 g/mol. The summed E-state index contributed by atoms with van der Waals surface area (Å²) >= 11 is 1.55. The van der Waals surface area contributed by atoms with Gasteiger partial charge in [0.25, 0.3) is 0 Å². The molecule has 0 saturated carbocycles. The van der Waals surface area contributed by atoms with E-state index in [1.807, 2.05) is 23.6 Å². The number of nitriles is 1. The Labute approximate surface area is 171 Å². The van der Waals surface area contributed by atoms with Gasteiger partial charge in [-0.15, -0.1) is 16.4 Å². The molecule has 4 rings (SSSR count). The highest BCUT2D eigenvalue weighted by atomic mass is 32.1. The summed E-state index contributed by atoms with van der Waals surface area (Å²) in [7, 11) is 4.62. The van der Waals surface area contributed by atoms with E-state index < -0.39 is 5.92 Å². The lowest BCUT2D eigenvalue weighted by Crippen LogP contribution is -2.21. The van der Waals surface area contributed by atoms with Crippen LogP contribution in [-0.2, 0) is 0 Å². The first-order chi connectivity index (χ1) is 14.1. The Balaban J connectivity index is 2.01. The number of allylic oxidation sites excluding steroid dienone is 1. The van der Waals surface area contributed by atoms with Gasteiger partial charge < -0.3 is 24.7 Å². The normalized spacial score (nSPS) is 15.3. The minimum absolute atomic E-state index is 0.00562. The van der Waals surface area contributed by atoms with Crippen LogP contribution in [0, 0.1) is 11.3 Å². The molecule has 0 spiro atoms. The molecule has 1 aromatic carbocycles. The maximum absolute atomic E-state index is 9.88. The lowest BCUT2D eigenvalue weighted by molar-refractivity contribution is 0.321. The Bertz CT molecular complexity index is 1130. The molecule has 148 valence electrons. The van der Waals surface area contributed by atoms with Gasteiger partial charge in [0, 0.05) is 5.56 Å². The van der Waals surface area contributed by atoms with E-state index in [4.69, 9.17) is 24.7 Å². The molecule has 9 heteroatoms. The number of benzene rings is 1. The van der Waals surface area contributed by atoms with Crippen LogP contribution in [0.5, 0.6) is 23.1 Å². The van der Waals surface area contributed by atoms with E-state index in [-0.39, 0.29) is 11.5 Å². The molecule has 0 radical (unpaired) electrons. The molecule has 0 fully saturated rings. The van der Waals surface area contributed by atoms with Gasteiger partial charge in [-0.05, 0) is 17.5 Å². The van der Waals surface area contributed by atoms with Crippen molar-refractivity contribution in [2.24, 2.45) is 5.73 Å². The maximum atomic E-state index is 9.88. The van der Waals surface area contributed by atoms with Crippen LogP contribution < -0.4 is 24.7 Å². The monoisotopic (exact) mass is 410 g/mol. The second-order valence-corrected chi connectivity index (χ2v) is 7.09. The van der Waals surface area contributed by atoms with Crippen LogP contribution in [0.25, 0.3) is 10.6 Å². The van der Waals surface area contributed by atoms with E-state index in [1.165, 1.54) is 14.2 Å². The standard InChI is InChI=1S/C20H18N4O4S/c1-25-12-7-6-10(17(26-2)18(12)27-3)14-11(9-21)19(22)28-20-15(14)16(23-24-20)13-5-4-8-29-13/h4-8,14H,22H2,1-3H3,(H,23,24). The van der Waals surface area contributed by atoms with Crippen LogP contribution >= 0.6 is 11.3 Å². The first-order valence-electron chi connectivity index (χ1n) is 8.63. The topological polar surface area (TPSA) is 115 Å². The predicted octanol–water partition coefficient (Wildman–Crippen LogP) is 3.38. The molecule has 3 N–H and O–H groups in total.